The Labute approximate surface area is 121 Å². The molecule has 2 rings (SSSR count). The van der Waals surface area contributed by atoms with Crippen LogP contribution in [0.2, 0.25) is 0 Å². The fourth-order valence-electron chi connectivity index (χ4n) is 2.21. The van der Waals surface area contributed by atoms with Gasteiger partial charge in [-0.3, -0.25) is 4.90 Å². The maximum absolute atomic E-state index is 10.4. The average molecular weight is 300 g/mol. The normalized spacial score (nSPS) is 23.2. The summed E-state index contributed by atoms with van der Waals surface area (Å²) in [5.41, 5.74) is 0.928. The number of likely N-dealkylation sites (N-methyl/N-ethyl adjacent to an activating group) is 2. The van der Waals surface area contributed by atoms with E-state index in [1.807, 2.05) is 6.92 Å². The van der Waals surface area contributed by atoms with Crippen LogP contribution in [0, 0.1) is 6.92 Å². The summed E-state index contributed by atoms with van der Waals surface area (Å²) in [5.74, 6) is 0. The highest BCUT2D eigenvalue weighted by Gasteiger charge is 2.26. The van der Waals surface area contributed by atoms with Gasteiger partial charge in [-0.15, -0.1) is 0 Å². The van der Waals surface area contributed by atoms with Gasteiger partial charge in [0.25, 0.3) is 0 Å². The second-order valence-electron chi connectivity index (χ2n) is 5.19. The van der Waals surface area contributed by atoms with E-state index in [2.05, 4.69) is 25.8 Å². The Balaban J connectivity index is 0.000000204. The molecule has 1 aromatic rings. The van der Waals surface area contributed by atoms with Crippen molar-refractivity contribution in [2.45, 2.75) is 31.8 Å². The van der Waals surface area contributed by atoms with Crippen LogP contribution >= 0.6 is 0 Å². The van der Waals surface area contributed by atoms with Crippen molar-refractivity contribution >= 4 is 10.1 Å². The van der Waals surface area contributed by atoms with Gasteiger partial charge < -0.3 is 9.45 Å². The molecule has 114 valence electrons. The molecule has 1 aliphatic rings. The number of nitrogens with one attached hydrogen (secondary N) is 1. The Morgan fingerprint density at radius 2 is 1.90 bits per heavy atom. The Morgan fingerprint density at radius 3 is 2.20 bits per heavy atom. The van der Waals surface area contributed by atoms with Crippen LogP contribution in [0.3, 0.4) is 0 Å². The van der Waals surface area contributed by atoms with E-state index < -0.39 is 10.1 Å². The predicted octanol–water partition coefficient (Wildman–Crippen LogP) is 0.0817. The van der Waals surface area contributed by atoms with Crippen LogP contribution in [0.25, 0.3) is 0 Å². The highest BCUT2D eigenvalue weighted by molar-refractivity contribution is 7.85. The first-order chi connectivity index (χ1) is 9.25. The first-order valence-electron chi connectivity index (χ1n) is 6.83. The molecule has 0 amide bonds. The summed E-state index contributed by atoms with van der Waals surface area (Å²) in [6.07, 6.45) is 0.745. The molecule has 0 spiro atoms. The van der Waals surface area contributed by atoms with Crippen molar-refractivity contribution in [2.24, 2.45) is 0 Å². The quantitative estimate of drug-likeness (QED) is 0.786. The van der Waals surface area contributed by atoms with Gasteiger partial charge in [0.05, 0.1) is 24.5 Å². The second-order valence-corrected chi connectivity index (χ2v) is 6.57. The van der Waals surface area contributed by atoms with Gasteiger partial charge in [-0.1, -0.05) is 17.7 Å². The Bertz CT molecular complexity index is 514. The van der Waals surface area contributed by atoms with Gasteiger partial charge in [0.1, 0.15) is 16.3 Å². The minimum Gasteiger partial charge on any atom is -0.744 e. The van der Waals surface area contributed by atoms with E-state index in [4.69, 9.17) is 0 Å². The molecule has 20 heavy (non-hydrogen) atoms. The fraction of sp³-hybridized carbons (Fsp3) is 0.571. The van der Waals surface area contributed by atoms with Gasteiger partial charge >= 0.3 is 0 Å². The van der Waals surface area contributed by atoms with Crippen molar-refractivity contribution in [1.29, 1.82) is 0 Å². The highest BCUT2D eigenvalue weighted by atomic mass is 32.2. The average Bonchev–Trinajstić information content (AvgIpc) is 2.70. The molecule has 1 heterocycles. The molecule has 0 aliphatic carbocycles. The molecule has 1 fully saturated rings. The lowest BCUT2D eigenvalue weighted by Crippen LogP contribution is -3.13. The van der Waals surface area contributed by atoms with Gasteiger partial charge in [0.2, 0.25) is 0 Å². The molecule has 1 N–H and O–H groups in total. The number of aryl methyl sites for hydroxylation is 1. The topological polar surface area (TPSA) is 64.9 Å². The molecule has 0 bridgehead atoms. The Kier molecular flexibility index (Phi) is 6.13. The number of nitrogens with zero attached hydrogens (tertiary/aromatic N) is 1. The van der Waals surface area contributed by atoms with Gasteiger partial charge in [-0.2, -0.15) is 0 Å². The standard InChI is InChI=1S/C7H16N2.C7H8O3S/c1-4-9-6-5-8(3)7(9)2;1-6-2-4-7(5-3-6)11(8,9)10/h7H,4-6H2,1-3H3;2-5H,1H3,(H,8,9,10). The second kappa shape index (κ2) is 7.17. The largest absolute Gasteiger partial charge is 0.744 e. The van der Waals surface area contributed by atoms with E-state index in [-0.39, 0.29) is 4.90 Å². The molecule has 1 aliphatic heterocycles. The number of rotatable bonds is 2. The SMILES string of the molecule is CC[NH+]1CCN(C)C1C.Cc1ccc(S(=O)(=O)[O-])cc1. The first-order valence-corrected chi connectivity index (χ1v) is 8.24. The molecular formula is C14H24N2O3S. The fourth-order valence-corrected chi connectivity index (χ4v) is 2.68. The summed E-state index contributed by atoms with van der Waals surface area (Å²) < 4.78 is 31.2. The van der Waals surface area contributed by atoms with E-state index in [1.54, 1.807) is 17.0 Å². The van der Waals surface area contributed by atoms with Crippen molar-refractivity contribution < 1.29 is 17.9 Å². The summed E-state index contributed by atoms with van der Waals surface area (Å²) in [6, 6.07) is 5.78. The summed E-state index contributed by atoms with van der Waals surface area (Å²) in [4.78, 5) is 3.96. The number of hydrogen-bond acceptors (Lipinski definition) is 4. The maximum Gasteiger partial charge on any atom is 0.140 e. The monoisotopic (exact) mass is 300 g/mol. The zero-order chi connectivity index (χ0) is 15.3. The van der Waals surface area contributed by atoms with Crippen LogP contribution < -0.4 is 4.90 Å². The Hall–Kier alpha value is -0.950. The molecule has 0 saturated carbocycles. The number of hydrogen-bond donors (Lipinski definition) is 1. The highest BCUT2D eigenvalue weighted by Crippen LogP contribution is 2.08. The van der Waals surface area contributed by atoms with Gasteiger partial charge in [-0.05, 0) is 33.0 Å². The third-order valence-electron chi connectivity index (χ3n) is 3.80. The third-order valence-corrected chi connectivity index (χ3v) is 4.65. The van der Waals surface area contributed by atoms with Crippen LogP contribution in [-0.2, 0) is 10.1 Å². The van der Waals surface area contributed by atoms with E-state index in [1.165, 1.54) is 31.8 Å². The summed E-state index contributed by atoms with van der Waals surface area (Å²) in [5, 5.41) is 0. The Morgan fingerprint density at radius 1 is 1.35 bits per heavy atom. The zero-order valence-electron chi connectivity index (χ0n) is 12.6. The van der Waals surface area contributed by atoms with Crippen molar-refractivity contribution in [1.82, 2.24) is 4.90 Å². The minimum atomic E-state index is -4.27. The molecule has 1 saturated heterocycles. The van der Waals surface area contributed by atoms with Crippen molar-refractivity contribution in [3.63, 3.8) is 0 Å². The summed E-state index contributed by atoms with van der Waals surface area (Å²) >= 11 is 0. The lowest BCUT2D eigenvalue weighted by molar-refractivity contribution is -0.914. The molecule has 2 unspecified atom stereocenters. The van der Waals surface area contributed by atoms with E-state index >= 15 is 0 Å². The van der Waals surface area contributed by atoms with Crippen LogP contribution in [0.5, 0.6) is 0 Å². The molecule has 0 aromatic heterocycles. The third kappa shape index (κ3) is 4.86. The van der Waals surface area contributed by atoms with Crippen LogP contribution in [0.15, 0.2) is 29.2 Å². The minimum absolute atomic E-state index is 0.178. The van der Waals surface area contributed by atoms with Gasteiger partial charge in [-0.25, -0.2) is 8.42 Å². The number of quaternary nitrogens is 1. The van der Waals surface area contributed by atoms with E-state index in [9.17, 15) is 13.0 Å². The lowest BCUT2D eigenvalue weighted by Gasteiger charge is -2.18. The van der Waals surface area contributed by atoms with Gasteiger partial charge in [0.15, 0.2) is 0 Å². The maximum atomic E-state index is 10.4. The van der Waals surface area contributed by atoms with Gasteiger partial charge in [0, 0.05) is 6.92 Å². The van der Waals surface area contributed by atoms with Crippen molar-refractivity contribution in [3.8, 4) is 0 Å². The first kappa shape index (κ1) is 17.1. The van der Waals surface area contributed by atoms with E-state index in [0.717, 1.165) is 11.7 Å². The van der Waals surface area contributed by atoms with Crippen molar-refractivity contribution in [3.05, 3.63) is 29.8 Å². The molecule has 1 aromatic carbocycles. The molecule has 2 atom stereocenters. The molecule has 6 heteroatoms. The molecular weight excluding hydrogens is 276 g/mol. The van der Waals surface area contributed by atoms with Crippen LogP contribution in [0.1, 0.15) is 19.4 Å². The molecule has 5 nitrogen and oxygen atoms in total. The van der Waals surface area contributed by atoms with Crippen LogP contribution in [0.4, 0.5) is 0 Å². The smallest absolute Gasteiger partial charge is 0.140 e. The van der Waals surface area contributed by atoms with Crippen LogP contribution in [-0.4, -0.2) is 50.7 Å². The van der Waals surface area contributed by atoms with E-state index in [0.29, 0.717) is 0 Å². The lowest BCUT2D eigenvalue weighted by atomic mass is 10.2. The molecule has 0 radical (unpaired) electrons. The van der Waals surface area contributed by atoms with Crippen molar-refractivity contribution in [2.75, 3.05) is 26.7 Å². The predicted molar refractivity (Wildman–Crippen MR) is 77.6 cm³/mol. The zero-order valence-corrected chi connectivity index (χ0v) is 13.4. The summed E-state index contributed by atoms with van der Waals surface area (Å²) in [6.45, 7) is 10.2. The number of benzene rings is 1. The summed E-state index contributed by atoms with van der Waals surface area (Å²) in [7, 11) is -2.07.